The Morgan fingerprint density at radius 2 is 0.822 bits per heavy atom. The van der Waals surface area contributed by atoms with E-state index in [1.54, 1.807) is 0 Å². The van der Waals surface area contributed by atoms with Gasteiger partial charge < -0.3 is 33.5 Å². The van der Waals surface area contributed by atoms with Crippen LogP contribution in [-0.4, -0.2) is 63.1 Å². The number of aliphatic hydroxyl groups is 1. The third kappa shape index (κ3) is 10.0. The van der Waals surface area contributed by atoms with Crippen LogP contribution in [0.1, 0.15) is 141 Å². The number of rotatable bonds is 20. The van der Waals surface area contributed by atoms with Gasteiger partial charge in [-0.05, 0) is 189 Å². The van der Waals surface area contributed by atoms with Gasteiger partial charge in [-0.25, -0.2) is 0 Å². The molecule has 90 heavy (non-hydrogen) atoms. The lowest BCUT2D eigenvalue weighted by atomic mass is 9.69. The second-order valence-corrected chi connectivity index (χ2v) is 27.0. The first-order valence-electron chi connectivity index (χ1n) is 32.4. The lowest BCUT2D eigenvalue weighted by Gasteiger charge is -2.34. The van der Waals surface area contributed by atoms with Crippen LogP contribution in [0.3, 0.4) is 0 Å². The molecular weight excluding hydrogens is 1110 g/mol. The molecule has 0 spiro atoms. The summed E-state index contributed by atoms with van der Waals surface area (Å²) in [5.74, 6) is 1.85. The van der Waals surface area contributed by atoms with Crippen LogP contribution in [0.15, 0.2) is 231 Å². The van der Waals surface area contributed by atoms with Gasteiger partial charge in [0.15, 0.2) is 0 Å². The zero-order chi connectivity index (χ0) is 60.8. The van der Waals surface area contributed by atoms with Gasteiger partial charge in [0.2, 0.25) is 0 Å². The van der Waals surface area contributed by atoms with Gasteiger partial charge in [-0.3, -0.25) is 0 Å². The van der Waals surface area contributed by atoms with E-state index in [0.29, 0.717) is 19.0 Å². The minimum atomic E-state index is -0.875. The van der Waals surface area contributed by atoms with E-state index < -0.39 is 28.1 Å². The first kappa shape index (κ1) is 56.8. The molecule has 0 saturated carbocycles. The molecule has 2 heterocycles. The monoisotopic (exact) mass is 1180 g/mol. The quantitative estimate of drug-likeness (QED) is 0.0761. The minimum Gasteiger partial charge on any atom is -0.491 e. The van der Waals surface area contributed by atoms with Crippen LogP contribution in [0.2, 0.25) is 0 Å². The highest BCUT2D eigenvalue weighted by atomic mass is 16.6. The lowest BCUT2D eigenvalue weighted by Crippen LogP contribution is -2.31. The van der Waals surface area contributed by atoms with Gasteiger partial charge in [0, 0.05) is 22.7 Å². The molecule has 0 aromatic heterocycles. The summed E-state index contributed by atoms with van der Waals surface area (Å²) in [7, 11) is 0. The van der Waals surface area contributed by atoms with E-state index >= 15 is 0 Å². The molecule has 0 bridgehead atoms. The molecule has 7 unspecified atom stereocenters. The molecule has 450 valence electrons. The van der Waals surface area contributed by atoms with Crippen molar-refractivity contribution in [3.8, 4) is 33.8 Å². The number of ether oxygens (including phenoxy) is 6. The first-order valence-corrected chi connectivity index (χ1v) is 32.4. The molecule has 16 rings (SSSR count). The maximum Gasteiger partial charge on any atom is 0.119 e. The van der Waals surface area contributed by atoms with E-state index in [9.17, 15) is 5.11 Å². The summed E-state index contributed by atoms with van der Waals surface area (Å²) < 4.78 is 36.8. The Bertz CT molecular complexity index is 4280. The maximum absolute atomic E-state index is 11.7. The summed E-state index contributed by atoms with van der Waals surface area (Å²) >= 11 is 0. The molecule has 7 atom stereocenters. The van der Waals surface area contributed by atoms with Gasteiger partial charge >= 0.3 is 0 Å². The van der Waals surface area contributed by atoms with Crippen LogP contribution < -0.4 is 9.47 Å². The average molecular weight is 1190 g/mol. The van der Waals surface area contributed by atoms with Crippen LogP contribution >= 0.6 is 0 Å². The van der Waals surface area contributed by atoms with Gasteiger partial charge in [0.05, 0.1) is 37.6 Å². The Labute approximate surface area is 529 Å². The highest BCUT2D eigenvalue weighted by Crippen LogP contribution is 2.62. The molecule has 1 N–H and O–H groups in total. The van der Waals surface area contributed by atoms with Crippen molar-refractivity contribution in [3.05, 3.63) is 320 Å². The lowest BCUT2D eigenvalue weighted by molar-refractivity contribution is -0.0717. The molecule has 10 aromatic carbocycles. The summed E-state index contributed by atoms with van der Waals surface area (Å²) in [6.07, 6.45) is 3.10. The van der Waals surface area contributed by atoms with Gasteiger partial charge in [-0.2, -0.15) is 0 Å². The zero-order valence-electron chi connectivity index (χ0n) is 51.8. The zero-order valence-corrected chi connectivity index (χ0v) is 51.8. The molecule has 2 aliphatic heterocycles. The topological polar surface area (TPSA) is 82.2 Å². The molecule has 6 aliphatic rings. The standard InChI is InChI=1S/C83H76O7/c1-80(2,59-25-29-61(30-26-59)83(64-35-39-67(40-36-64)86-49-68-50-87-68)46-73(54-17-9-6-10-18-54)79-75(83)42-24-58-44-56-20-12-14-22-71(56)77(58)79)89-48-65(84)47-85-66-37-33-63(34-38-66)82(62-31-27-60(28-32-62)81(3,4)90-52-69-51-88-69)45-72(53-15-7-5-8-16-53)78-74(82)41-23-57-43-55-19-11-13-21-70(55)76(57)78/h5-42,65,68-69,72-73,84H,43-52H2,1-4H3. The van der Waals surface area contributed by atoms with Gasteiger partial charge in [-0.1, -0.05) is 206 Å². The van der Waals surface area contributed by atoms with Crippen molar-refractivity contribution >= 4 is 0 Å². The summed E-state index contributed by atoms with van der Waals surface area (Å²) in [5, 5.41) is 11.7. The molecule has 0 radical (unpaired) electrons. The summed E-state index contributed by atoms with van der Waals surface area (Å²) in [5.41, 5.74) is 24.1. The van der Waals surface area contributed by atoms with E-state index in [-0.39, 0.29) is 37.3 Å². The Morgan fingerprint density at radius 1 is 0.422 bits per heavy atom. The third-order valence-electron chi connectivity index (χ3n) is 20.8. The molecule has 7 nitrogen and oxygen atoms in total. The minimum absolute atomic E-state index is 0.0764. The number of hydrogen-bond acceptors (Lipinski definition) is 7. The number of fused-ring (bicyclic) bond motifs is 10. The molecule has 10 aromatic rings. The second kappa shape index (κ2) is 22.5. The Kier molecular flexibility index (Phi) is 14.2. The number of epoxide rings is 2. The number of hydrogen-bond donors (Lipinski definition) is 1. The Morgan fingerprint density at radius 3 is 1.28 bits per heavy atom. The highest BCUT2D eigenvalue weighted by molar-refractivity contribution is 5.85. The Hall–Kier alpha value is -8.40. The van der Waals surface area contributed by atoms with Crippen molar-refractivity contribution in [1.29, 1.82) is 0 Å². The fraction of sp³-hybridized carbons (Fsp3) is 0.277. The number of aliphatic hydroxyl groups excluding tert-OH is 1. The maximum atomic E-state index is 11.7. The SMILES string of the molecule is CC(C)(OCC(O)COc1ccc(C2(c3ccc(C(C)(C)OCC4CO4)cc3)CC(c3ccccc3)c3c2ccc2c3-c3ccccc3C2)cc1)c1ccc(C2(c3ccc(OCC4CO4)cc3)CC(c3ccccc3)c3c2ccc2c3-c3ccccc3C2)cc1. The van der Waals surface area contributed by atoms with E-state index in [4.69, 9.17) is 28.4 Å². The molecular formula is C83H76O7. The third-order valence-corrected chi connectivity index (χ3v) is 20.8. The average Bonchev–Trinajstić information content (AvgIpc) is 1.54. The first-order chi connectivity index (χ1) is 43.9. The van der Waals surface area contributed by atoms with Crippen molar-refractivity contribution < 1.29 is 33.5 Å². The highest BCUT2D eigenvalue weighted by Gasteiger charge is 2.51. The molecule has 7 heteroatoms. The second-order valence-electron chi connectivity index (χ2n) is 27.0. The molecule has 2 saturated heterocycles. The van der Waals surface area contributed by atoms with Gasteiger partial charge in [0.1, 0.15) is 43.0 Å². The van der Waals surface area contributed by atoms with Crippen molar-refractivity contribution in [3.63, 3.8) is 0 Å². The van der Waals surface area contributed by atoms with Gasteiger partial charge in [0.25, 0.3) is 0 Å². The summed E-state index contributed by atoms with van der Waals surface area (Å²) in [4.78, 5) is 0. The fourth-order valence-electron chi connectivity index (χ4n) is 15.9. The van der Waals surface area contributed by atoms with Crippen LogP contribution in [-0.2, 0) is 53.8 Å². The van der Waals surface area contributed by atoms with Crippen LogP contribution in [0.5, 0.6) is 11.5 Å². The molecule has 0 amide bonds. The molecule has 2 fully saturated rings. The predicted molar refractivity (Wildman–Crippen MR) is 355 cm³/mol. The van der Waals surface area contributed by atoms with Crippen molar-refractivity contribution in [1.82, 2.24) is 0 Å². The summed E-state index contributed by atoms with van der Waals surface area (Å²) in [6.45, 7) is 11.3. The number of benzene rings is 10. The smallest absolute Gasteiger partial charge is 0.119 e. The van der Waals surface area contributed by atoms with E-state index in [1.807, 2.05) is 0 Å². The van der Waals surface area contributed by atoms with Gasteiger partial charge in [-0.15, -0.1) is 0 Å². The predicted octanol–water partition coefficient (Wildman–Crippen LogP) is 16.7. The molecule has 4 aliphatic carbocycles. The normalized spacial score (nSPS) is 21.8. The largest absolute Gasteiger partial charge is 0.491 e. The van der Waals surface area contributed by atoms with Crippen LogP contribution in [0.4, 0.5) is 0 Å². The van der Waals surface area contributed by atoms with Crippen LogP contribution in [0, 0.1) is 0 Å². The van der Waals surface area contributed by atoms with Crippen molar-refractivity contribution in [2.45, 2.75) is 106 Å². The van der Waals surface area contributed by atoms with Crippen molar-refractivity contribution in [2.24, 2.45) is 0 Å². The fourth-order valence-corrected chi connectivity index (χ4v) is 15.9. The van der Waals surface area contributed by atoms with E-state index in [0.717, 1.165) is 55.8 Å². The van der Waals surface area contributed by atoms with E-state index in [2.05, 4.69) is 258 Å². The summed E-state index contributed by atoms with van der Waals surface area (Å²) in [6, 6.07) is 85.5. The Balaban J connectivity index is 0.669. The van der Waals surface area contributed by atoms with E-state index in [1.165, 1.54) is 100 Å². The van der Waals surface area contributed by atoms with Crippen molar-refractivity contribution in [2.75, 3.05) is 39.6 Å². The van der Waals surface area contributed by atoms with Crippen LogP contribution in [0.25, 0.3) is 22.3 Å².